The number of nitrogens with one attached hydrogen (secondary N) is 4. The SMILES string of the molecule is O=C(NCCNc1cnccn1)C1CC(C2CC2)NN1. The van der Waals surface area contributed by atoms with Crippen molar-refractivity contribution in [1.82, 2.24) is 26.1 Å². The van der Waals surface area contributed by atoms with E-state index in [0.29, 0.717) is 19.1 Å². The number of amides is 1. The second-order valence-electron chi connectivity index (χ2n) is 5.33. The van der Waals surface area contributed by atoms with Crippen LogP contribution in [0.15, 0.2) is 18.6 Å². The summed E-state index contributed by atoms with van der Waals surface area (Å²) in [5, 5.41) is 6.03. The molecular formula is C13H20N6O. The lowest BCUT2D eigenvalue weighted by molar-refractivity contribution is -0.122. The number of hydrazine groups is 1. The van der Waals surface area contributed by atoms with Crippen LogP contribution in [0.4, 0.5) is 5.82 Å². The van der Waals surface area contributed by atoms with Gasteiger partial charge >= 0.3 is 0 Å². The highest BCUT2D eigenvalue weighted by atomic mass is 16.2. The van der Waals surface area contributed by atoms with Crippen molar-refractivity contribution in [2.24, 2.45) is 5.92 Å². The molecule has 0 spiro atoms. The van der Waals surface area contributed by atoms with Crippen molar-refractivity contribution in [2.45, 2.75) is 31.3 Å². The number of hydrogen-bond donors (Lipinski definition) is 4. The maximum atomic E-state index is 12.0. The number of aromatic nitrogens is 2. The highest BCUT2D eigenvalue weighted by molar-refractivity contribution is 5.82. The Balaban J connectivity index is 1.33. The number of carbonyl (C=O) groups excluding carboxylic acids is 1. The average molecular weight is 276 g/mol. The van der Waals surface area contributed by atoms with Crippen molar-refractivity contribution in [3.63, 3.8) is 0 Å². The van der Waals surface area contributed by atoms with Crippen molar-refractivity contribution in [2.75, 3.05) is 18.4 Å². The molecule has 2 heterocycles. The summed E-state index contributed by atoms with van der Waals surface area (Å²) in [6.07, 6.45) is 8.37. The van der Waals surface area contributed by atoms with Gasteiger partial charge in [0.25, 0.3) is 0 Å². The minimum Gasteiger partial charge on any atom is -0.367 e. The van der Waals surface area contributed by atoms with Crippen LogP contribution in [0, 0.1) is 5.92 Å². The van der Waals surface area contributed by atoms with Crippen molar-refractivity contribution >= 4 is 11.7 Å². The van der Waals surface area contributed by atoms with Gasteiger partial charge in [-0.3, -0.25) is 15.2 Å². The lowest BCUT2D eigenvalue weighted by Gasteiger charge is -2.11. The molecule has 2 aliphatic rings. The van der Waals surface area contributed by atoms with E-state index < -0.39 is 0 Å². The quantitative estimate of drug-likeness (QED) is 0.531. The van der Waals surface area contributed by atoms with Gasteiger partial charge in [0.15, 0.2) is 0 Å². The van der Waals surface area contributed by atoms with Gasteiger partial charge in [-0.25, -0.2) is 10.4 Å². The first-order valence-electron chi connectivity index (χ1n) is 7.11. The standard InChI is InChI=1S/C13H20N6O/c20-13(11-7-10(18-19-11)9-1-2-9)17-6-5-16-12-8-14-3-4-15-12/h3-4,8-11,18-19H,1-2,5-7H2,(H,15,16)(H,17,20). The number of hydrogen-bond acceptors (Lipinski definition) is 6. The molecule has 0 radical (unpaired) electrons. The molecule has 7 heteroatoms. The molecule has 3 rings (SSSR count). The second kappa shape index (κ2) is 6.15. The summed E-state index contributed by atoms with van der Waals surface area (Å²) in [4.78, 5) is 20.0. The molecule has 1 saturated heterocycles. The first kappa shape index (κ1) is 13.3. The fraction of sp³-hybridized carbons (Fsp3) is 0.615. The predicted molar refractivity (Wildman–Crippen MR) is 74.7 cm³/mol. The van der Waals surface area contributed by atoms with Crippen LogP contribution in [0.25, 0.3) is 0 Å². The largest absolute Gasteiger partial charge is 0.367 e. The molecule has 2 unspecified atom stereocenters. The van der Waals surface area contributed by atoms with E-state index in [1.54, 1.807) is 18.6 Å². The van der Waals surface area contributed by atoms with Crippen LogP contribution in [-0.4, -0.2) is 41.0 Å². The maximum absolute atomic E-state index is 12.0. The summed E-state index contributed by atoms with van der Waals surface area (Å²) in [5.41, 5.74) is 6.30. The van der Waals surface area contributed by atoms with Gasteiger partial charge in [-0.15, -0.1) is 0 Å². The van der Waals surface area contributed by atoms with Crippen molar-refractivity contribution in [3.8, 4) is 0 Å². The number of rotatable bonds is 6. The minimum absolute atomic E-state index is 0.0570. The molecule has 20 heavy (non-hydrogen) atoms. The summed E-state index contributed by atoms with van der Waals surface area (Å²) in [6.45, 7) is 1.21. The van der Waals surface area contributed by atoms with Crippen molar-refractivity contribution < 1.29 is 4.79 Å². The summed E-state index contributed by atoms with van der Waals surface area (Å²) in [6, 6.07) is 0.348. The first-order chi connectivity index (χ1) is 9.83. The van der Waals surface area contributed by atoms with Gasteiger partial charge in [0, 0.05) is 31.5 Å². The van der Waals surface area contributed by atoms with Crippen LogP contribution < -0.4 is 21.5 Å². The zero-order valence-electron chi connectivity index (χ0n) is 11.3. The molecule has 7 nitrogen and oxygen atoms in total. The molecule has 108 valence electrons. The van der Waals surface area contributed by atoms with Gasteiger partial charge in [-0.1, -0.05) is 0 Å². The Morgan fingerprint density at radius 1 is 1.30 bits per heavy atom. The Bertz CT molecular complexity index is 449. The van der Waals surface area contributed by atoms with Gasteiger partial charge < -0.3 is 10.6 Å². The van der Waals surface area contributed by atoms with Gasteiger partial charge in [0.05, 0.1) is 6.20 Å². The van der Waals surface area contributed by atoms with Crippen molar-refractivity contribution in [3.05, 3.63) is 18.6 Å². The Morgan fingerprint density at radius 3 is 2.95 bits per heavy atom. The molecule has 2 fully saturated rings. The Morgan fingerprint density at radius 2 is 2.20 bits per heavy atom. The van der Waals surface area contributed by atoms with E-state index in [1.165, 1.54) is 12.8 Å². The Kier molecular flexibility index (Phi) is 4.08. The van der Waals surface area contributed by atoms with Crippen LogP contribution >= 0.6 is 0 Å². The van der Waals surface area contributed by atoms with Crippen LogP contribution in [0.2, 0.25) is 0 Å². The van der Waals surface area contributed by atoms with E-state index in [1.807, 2.05) is 0 Å². The zero-order chi connectivity index (χ0) is 13.8. The predicted octanol–water partition coefficient (Wildman–Crippen LogP) is -0.350. The van der Waals surface area contributed by atoms with Crippen molar-refractivity contribution in [1.29, 1.82) is 0 Å². The molecule has 1 aromatic rings. The third-order valence-electron chi connectivity index (χ3n) is 3.73. The normalized spacial score (nSPS) is 25.4. The van der Waals surface area contributed by atoms with Crippen LogP contribution in [0.3, 0.4) is 0 Å². The topological polar surface area (TPSA) is 91.0 Å². The average Bonchev–Trinajstić information content (AvgIpc) is 3.22. The maximum Gasteiger partial charge on any atom is 0.238 e. The van der Waals surface area contributed by atoms with E-state index in [-0.39, 0.29) is 11.9 Å². The van der Waals surface area contributed by atoms with E-state index in [9.17, 15) is 4.79 Å². The summed E-state index contributed by atoms with van der Waals surface area (Å²) in [7, 11) is 0. The smallest absolute Gasteiger partial charge is 0.238 e. The summed E-state index contributed by atoms with van der Waals surface area (Å²) >= 11 is 0. The molecule has 1 saturated carbocycles. The summed E-state index contributed by atoms with van der Waals surface area (Å²) < 4.78 is 0. The van der Waals surface area contributed by atoms with E-state index in [0.717, 1.165) is 18.2 Å². The zero-order valence-corrected chi connectivity index (χ0v) is 11.3. The third kappa shape index (κ3) is 3.43. The van der Waals surface area contributed by atoms with Crippen LogP contribution in [0.5, 0.6) is 0 Å². The van der Waals surface area contributed by atoms with Gasteiger partial charge in [0.1, 0.15) is 11.9 Å². The monoisotopic (exact) mass is 276 g/mol. The molecule has 2 atom stereocenters. The molecule has 4 N–H and O–H groups in total. The molecule has 1 aromatic heterocycles. The molecule has 0 bridgehead atoms. The van der Waals surface area contributed by atoms with E-state index >= 15 is 0 Å². The third-order valence-corrected chi connectivity index (χ3v) is 3.73. The lowest BCUT2D eigenvalue weighted by atomic mass is 10.1. The van der Waals surface area contributed by atoms with Gasteiger partial charge in [-0.2, -0.15) is 0 Å². The molecule has 1 amide bonds. The number of anilines is 1. The molecular weight excluding hydrogens is 256 g/mol. The summed E-state index contributed by atoms with van der Waals surface area (Å²) in [5.74, 6) is 1.54. The van der Waals surface area contributed by atoms with Gasteiger partial charge in [-0.05, 0) is 25.2 Å². The van der Waals surface area contributed by atoms with E-state index in [4.69, 9.17) is 0 Å². The molecule has 1 aliphatic heterocycles. The number of carbonyl (C=O) groups is 1. The highest BCUT2D eigenvalue weighted by Gasteiger charge is 2.38. The minimum atomic E-state index is -0.114. The van der Waals surface area contributed by atoms with Gasteiger partial charge in [0.2, 0.25) is 5.91 Å². The lowest BCUT2D eigenvalue weighted by Crippen LogP contribution is -2.44. The fourth-order valence-corrected chi connectivity index (χ4v) is 2.45. The number of nitrogens with zero attached hydrogens (tertiary/aromatic N) is 2. The highest BCUT2D eigenvalue weighted by Crippen LogP contribution is 2.35. The fourth-order valence-electron chi connectivity index (χ4n) is 2.45. The van der Waals surface area contributed by atoms with E-state index in [2.05, 4.69) is 31.5 Å². The molecule has 0 aromatic carbocycles. The van der Waals surface area contributed by atoms with Crippen LogP contribution in [0.1, 0.15) is 19.3 Å². The molecule has 1 aliphatic carbocycles. The second-order valence-corrected chi connectivity index (χ2v) is 5.33. The Labute approximate surface area is 117 Å². The first-order valence-corrected chi connectivity index (χ1v) is 7.11. The van der Waals surface area contributed by atoms with Crippen LogP contribution in [-0.2, 0) is 4.79 Å². The Hall–Kier alpha value is -1.73.